The van der Waals surface area contributed by atoms with Crippen molar-refractivity contribution < 1.29 is 14.3 Å². The second-order valence-corrected chi connectivity index (χ2v) is 4.64. The van der Waals surface area contributed by atoms with E-state index in [0.717, 1.165) is 11.3 Å². The Kier molecular flexibility index (Phi) is 6.56. The largest absolute Gasteiger partial charge is 0.465 e. The highest BCUT2D eigenvalue weighted by Gasteiger charge is 2.06. The van der Waals surface area contributed by atoms with Crippen LogP contribution in [-0.4, -0.2) is 39.1 Å². The van der Waals surface area contributed by atoms with E-state index in [1.807, 2.05) is 43.3 Å². The summed E-state index contributed by atoms with van der Waals surface area (Å²) in [5.74, 6) is -0.550. The van der Waals surface area contributed by atoms with Crippen LogP contribution in [0.25, 0.3) is 0 Å². The number of benzene rings is 1. The molecule has 0 spiro atoms. The smallest absolute Gasteiger partial charge is 0.325 e. The van der Waals surface area contributed by atoms with E-state index in [9.17, 15) is 9.59 Å². The van der Waals surface area contributed by atoms with Gasteiger partial charge in [0.15, 0.2) is 0 Å². The van der Waals surface area contributed by atoms with E-state index in [4.69, 9.17) is 4.74 Å². The Labute approximate surface area is 119 Å². The van der Waals surface area contributed by atoms with Crippen LogP contribution < -0.4 is 10.2 Å². The molecule has 0 atom stereocenters. The number of hydrogen-bond acceptors (Lipinski definition) is 4. The number of anilines is 1. The molecule has 1 amide bonds. The van der Waals surface area contributed by atoms with Crippen LogP contribution in [0.1, 0.15) is 18.9 Å². The fourth-order valence-corrected chi connectivity index (χ4v) is 1.69. The van der Waals surface area contributed by atoms with E-state index >= 15 is 0 Å². The number of nitrogens with zero attached hydrogens (tertiary/aromatic N) is 1. The molecule has 0 saturated carbocycles. The lowest BCUT2D eigenvalue weighted by molar-refractivity contribution is -0.143. The molecule has 110 valence electrons. The van der Waals surface area contributed by atoms with Crippen molar-refractivity contribution in [1.29, 1.82) is 0 Å². The minimum Gasteiger partial charge on any atom is -0.465 e. The summed E-state index contributed by atoms with van der Waals surface area (Å²) in [4.78, 5) is 24.7. The van der Waals surface area contributed by atoms with Gasteiger partial charge in [-0.05, 0) is 31.0 Å². The second-order valence-electron chi connectivity index (χ2n) is 4.64. The van der Waals surface area contributed by atoms with Crippen molar-refractivity contribution >= 4 is 17.6 Å². The average Bonchev–Trinajstić information content (AvgIpc) is 2.43. The summed E-state index contributed by atoms with van der Waals surface area (Å²) >= 11 is 0. The van der Waals surface area contributed by atoms with Gasteiger partial charge in [-0.1, -0.05) is 12.1 Å². The van der Waals surface area contributed by atoms with E-state index in [1.54, 1.807) is 6.92 Å². The van der Waals surface area contributed by atoms with Crippen LogP contribution in [0.5, 0.6) is 0 Å². The maximum Gasteiger partial charge on any atom is 0.325 e. The van der Waals surface area contributed by atoms with Gasteiger partial charge < -0.3 is 15.0 Å². The van der Waals surface area contributed by atoms with Crippen LogP contribution in [0.4, 0.5) is 5.69 Å². The van der Waals surface area contributed by atoms with Crippen LogP contribution in [0.15, 0.2) is 24.3 Å². The lowest BCUT2D eigenvalue weighted by Gasteiger charge is -2.12. The highest BCUT2D eigenvalue weighted by atomic mass is 16.5. The number of rotatable bonds is 7. The first-order valence-electron chi connectivity index (χ1n) is 6.71. The van der Waals surface area contributed by atoms with E-state index in [0.29, 0.717) is 19.4 Å². The number of hydrogen-bond donors (Lipinski definition) is 1. The quantitative estimate of drug-likeness (QED) is 0.765. The minimum absolute atomic E-state index is 0.0633. The number of aryl methyl sites for hydroxylation is 1. The summed E-state index contributed by atoms with van der Waals surface area (Å²) in [5.41, 5.74) is 2.22. The monoisotopic (exact) mass is 278 g/mol. The number of carbonyl (C=O) groups is 2. The van der Waals surface area contributed by atoms with E-state index in [1.165, 1.54) is 0 Å². The molecule has 1 N–H and O–H groups in total. The number of ether oxygens (including phenoxy) is 1. The first kappa shape index (κ1) is 16.0. The molecule has 0 heterocycles. The van der Waals surface area contributed by atoms with Crippen molar-refractivity contribution in [2.45, 2.75) is 19.8 Å². The van der Waals surface area contributed by atoms with Crippen LogP contribution in [0, 0.1) is 0 Å². The summed E-state index contributed by atoms with van der Waals surface area (Å²) < 4.78 is 4.73. The average molecular weight is 278 g/mol. The van der Waals surface area contributed by atoms with Gasteiger partial charge in [0.25, 0.3) is 0 Å². The van der Waals surface area contributed by atoms with E-state index in [-0.39, 0.29) is 12.5 Å². The normalized spacial score (nSPS) is 9.95. The molecule has 5 heteroatoms. The Morgan fingerprint density at radius 1 is 1.20 bits per heavy atom. The maximum absolute atomic E-state index is 11.6. The predicted octanol–water partition coefficient (Wildman–Crippen LogP) is 1.36. The number of esters is 1. The standard InChI is InChI=1S/C15H22N2O3/c1-4-20-15(19)11-16-14(18)10-7-12-5-8-13(9-6-12)17(2)3/h5-6,8-9H,4,7,10-11H2,1-3H3,(H,16,18). The summed E-state index contributed by atoms with van der Waals surface area (Å²) in [6, 6.07) is 8.06. The molecule has 0 saturated heterocycles. The fourth-order valence-electron chi connectivity index (χ4n) is 1.69. The molecule has 20 heavy (non-hydrogen) atoms. The molecule has 0 bridgehead atoms. The van der Waals surface area contributed by atoms with Crippen molar-refractivity contribution in [3.8, 4) is 0 Å². The molecular formula is C15H22N2O3. The van der Waals surface area contributed by atoms with Crippen LogP contribution in [-0.2, 0) is 20.7 Å². The Bertz CT molecular complexity index is 441. The molecule has 1 aromatic carbocycles. The predicted molar refractivity (Wildman–Crippen MR) is 78.7 cm³/mol. The van der Waals surface area contributed by atoms with Gasteiger partial charge in [-0.25, -0.2) is 0 Å². The minimum atomic E-state index is -0.406. The summed E-state index contributed by atoms with van der Waals surface area (Å²) in [5, 5.41) is 2.55. The zero-order valence-corrected chi connectivity index (χ0v) is 12.3. The number of amides is 1. The van der Waals surface area contributed by atoms with Crippen LogP contribution in [0.3, 0.4) is 0 Å². The zero-order chi connectivity index (χ0) is 15.0. The third-order valence-electron chi connectivity index (χ3n) is 2.83. The van der Waals surface area contributed by atoms with Crippen molar-refractivity contribution in [3.05, 3.63) is 29.8 Å². The first-order valence-corrected chi connectivity index (χ1v) is 6.71. The Hall–Kier alpha value is -2.04. The molecule has 0 aliphatic carbocycles. The Morgan fingerprint density at radius 3 is 2.40 bits per heavy atom. The van der Waals surface area contributed by atoms with Crippen molar-refractivity contribution in [3.63, 3.8) is 0 Å². The molecule has 0 fully saturated rings. The highest BCUT2D eigenvalue weighted by Crippen LogP contribution is 2.13. The van der Waals surface area contributed by atoms with Crippen molar-refractivity contribution in [1.82, 2.24) is 5.32 Å². The molecule has 1 aromatic rings. The van der Waals surface area contributed by atoms with E-state index < -0.39 is 5.97 Å². The van der Waals surface area contributed by atoms with Crippen molar-refractivity contribution in [2.24, 2.45) is 0 Å². The molecule has 0 aliphatic rings. The Morgan fingerprint density at radius 2 is 1.85 bits per heavy atom. The van der Waals surface area contributed by atoms with Gasteiger partial charge in [-0.2, -0.15) is 0 Å². The van der Waals surface area contributed by atoms with Gasteiger partial charge in [0.05, 0.1) is 6.61 Å². The fraction of sp³-hybridized carbons (Fsp3) is 0.467. The first-order chi connectivity index (χ1) is 9.52. The summed E-state index contributed by atoms with van der Waals surface area (Å²) in [7, 11) is 3.97. The molecule has 1 rings (SSSR count). The summed E-state index contributed by atoms with van der Waals surface area (Å²) in [6.45, 7) is 2.00. The number of nitrogens with one attached hydrogen (secondary N) is 1. The number of carbonyl (C=O) groups excluding carboxylic acids is 2. The third-order valence-corrected chi connectivity index (χ3v) is 2.83. The van der Waals surface area contributed by atoms with Crippen molar-refractivity contribution in [2.75, 3.05) is 32.1 Å². The summed E-state index contributed by atoms with van der Waals surface area (Å²) in [6.07, 6.45) is 1.02. The lowest BCUT2D eigenvalue weighted by atomic mass is 10.1. The molecule has 0 aliphatic heterocycles. The maximum atomic E-state index is 11.6. The Balaban J connectivity index is 2.32. The lowest BCUT2D eigenvalue weighted by Crippen LogP contribution is -2.30. The van der Waals surface area contributed by atoms with Gasteiger partial charge in [0.2, 0.25) is 5.91 Å². The molecule has 0 aromatic heterocycles. The SMILES string of the molecule is CCOC(=O)CNC(=O)CCc1ccc(N(C)C)cc1. The van der Waals surface area contributed by atoms with Crippen LogP contribution >= 0.6 is 0 Å². The second kappa shape index (κ2) is 8.19. The van der Waals surface area contributed by atoms with Gasteiger partial charge in [-0.15, -0.1) is 0 Å². The molecule has 0 unspecified atom stereocenters. The molecule has 5 nitrogen and oxygen atoms in total. The highest BCUT2D eigenvalue weighted by molar-refractivity contribution is 5.81. The topological polar surface area (TPSA) is 58.6 Å². The van der Waals surface area contributed by atoms with Gasteiger partial charge in [-0.3, -0.25) is 9.59 Å². The molecule has 0 radical (unpaired) electrons. The van der Waals surface area contributed by atoms with Gasteiger partial charge in [0.1, 0.15) is 6.54 Å². The zero-order valence-electron chi connectivity index (χ0n) is 12.3. The van der Waals surface area contributed by atoms with Gasteiger partial charge in [0, 0.05) is 26.2 Å². The third kappa shape index (κ3) is 5.73. The van der Waals surface area contributed by atoms with Crippen LogP contribution in [0.2, 0.25) is 0 Å². The molecular weight excluding hydrogens is 256 g/mol. The van der Waals surface area contributed by atoms with Gasteiger partial charge >= 0.3 is 5.97 Å². The van der Waals surface area contributed by atoms with E-state index in [2.05, 4.69) is 5.32 Å².